The van der Waals surface area contributed by atoms with Gasteiger partial charge in [0.15, 0.2) is 15.6 Å². The number of rotatable bonds is 3. The maximum Gasteiger partial charge on any atom is 0.175 e. The fraction of sp³-hybridized carbons (Fsp3) is 0.316. The van der Waals surface area contributed by atoms with Crippen LogP contribution in [0.15, 0.2) is 59.5 Å². The van der Waals surface area contributed by atoms with Crippen LogP contribution < -0.4 is 0 Å². The molecule has 1 heterocycles. The largest absolute Gasteiger partial charge is 0.351 e. The Morgan fingerprint density at radius 1 is 0.917 bits per heavy atom. The minimum Gasteiger partial charge on any atom is -0.351 e. The van der Waals surface area contributed by atoms with Gasteiger partial charge in [-0.15, -0.1) is 0 Å². The van der Waals surface area contributed by atoms with E-state index < -0.39 is 21.0 Å². The molecule has 4 nitrogen and oxygen atoms in total. The van der Waals surface area contributed by atoms with Gasteiger partial charge in [0.1, 0.15) is 11.2 Å². The van der Waals surface area contributed by atoms with Crippen molar-refractivity contribution in [1.82, 2.24) is 0 Å². The SMILES string of the molecule is CC1(C)OC(c2ccccc2)(c2ccc(S(C)(=O)=O)cc2)CC1=O. The van der Waals surface area contributed by atoms with Crippen molar-refractivity contribution in [1.29, 1.82) is 0 Å². The molecule has 3 rings (SSSR count). The van der Waals surface area contributed by atoms with Crippen molar-refractivity contribution in [2.75, 3.05) is 6.26 Å². The number of carbonyl (C=O) groups excluding carboxylic acids is 1. The van der Waals surface area contributed by atoms with Crippen LogP contribution in [0.4, 0.5) is 0 Å². The van der Waals surface area contributed by atoms with Gasteiger partial charge in [0.25, 0.3) is 0 Å². The first-order valence-corrected chi connectivity index (χ1v) is 9.64. The number of ether oxygens (including phenoxy) is 1. The Balaban J connectivity index is 2.15. The summed E-state index contributed by atoms with van der Waals surface area (Å²) in [5.74, 6) is 0.0264. The highest BCUT2D eigenvalue weighted by Gasteiger charge is 2.52. The van der Waals surface area contributed by atoms with Gasteiger partial charge in [-0.1, -0.05) is 42.5 Å². The molecule has 0 N–H and O–H groups in total. The highest BCUT2D eigenvalue weighted by Crippen LogP contribution is 2.47. The van der Waals surface area contributed by atoms with E-state index in [1.54, 1.807) is 38.1 Å². The van der Waals surface area contributed by atoms with Crippen molar-refractivity contribution in [2.45, 2.75) is 36.4 Å². The lowest BCUT2D eigenvalue weighted by Crippen LogP contribution is -2.32. The van der Waals surface area contributed by atoms with Crippen LogP contribution in [0.1, 0.15) is 31.4 Å². The predicted octanol–water partition coefficient (Wildman–Crippen LogP) is 3.10. The molecule has 1 unspecified atom stereocenters. The zero-order chi connectivity index (χ0) is 17.6. The summed E-state index contributed by atoms with van der Waals surface area (Å²) in [6.07, 6.45) is 1.40. The lowest BCUT2D eigenvalue weighted by atomic mass is 9.83. The molecule has 1 atom stereocenters. The molecule has 1 saturated heterocycles. The minimum absolute atomic E-state index is 0.0264. The van der Waals surface area contributed by atoms with E-state index in [1.165, 1.54) is 6.26 Å². The van der Waals surface area contributed by atoms with E-state index in [2.05, 4.69) is 0 Å². The molecule has 0 bridgehead atoms. The summed E-state index contributed by atoms with van der Waals surface area (Å²) in [5, 5.41) is 0. The summed E-state index contributed by atoms with van der Waals surface area (Å²) >= 11 is 0. The Hall–Kier alpha value is -1.98. The van der Waals surface area contributed by atoms with Crippen LogP contribution in [0, 0.1) is 0 Å². The summed E-state index contributed by atoms with van der Waals surface area (Å²) < 4.78 is 29.6. The zero-order valence-electron chi connectivity index (χ0n) is 13.9. The fourth-order valence-electron chi connectivity index (χ4n) is 3.13. The van der Waals surface area contributed by atoms with E-state index in [0.717, 1.165) is 11.1 Å². The number of hydrogen-bond donors (Lipinski definition) is 0. The third-order valence-corrected chi connectivity index (χ3v) is 5.63. The lowest BCUT2D eigenvalue weighted by Gasteiger charge is -2.32. The third kappa shape index (κ3) is 2.78. The van der Waals surface area contributed by atoms with Crippen molar-refractivity contribution in [2.24, 2.45) is 0 Å². The van der Waals surface area contributed by atoms with E-state index in [-0.39, 0.29) is 17.1 Å². The van der Waals surface area contributed by atoms with Crippen molar-refractivity contribution in [3.8, 4) is 0 Å². The van der Waals surface area contributed by atoms with Gasteiger partial charge in [0.05, 0.1) is 4.90 Å². The molecule has 0 aliphatic carbocycles. The van der Waals surface area contributed by atoms with Crippen molar-refractivity contribution < 1.29 is 17.9 Å². The van der Waals surface area contributed by atoms with Gasteiger partial charge in [-0.25, -0.2) is 8.42 Å². The molecule has 0 aromatic heterocycles. The number of Topliss-reactive ketones (excluding diaryl/α,β-unsaturated/α-hetero) is 1. The summed E-state index contributed by atoms with van der Waals surface area (Å²) in [7, 11) is -3.27. The van der Waals surface area contributed by atoms with E-state index in [1.807, 2.05) is 30.3 Å². The number of ketones is 1. The highest BCUT2D eigenvalue weighted by molar-refractivity contribution is 7.90. The van der Waals surface area contributed by atoms with Crippen LogP contribution in [-0.4, -0.2) is 26.1 Å². The summed E-state index contributed by atoms with van der Waals surface area (Å²) in [4.78, 5) is 12.7. The molecular weight excluding hydrogens is 324 g/mol. The predicted molar refractivity (Wildman–Crippen MR) is 91.6 cm³/mol. The molecule has 0 radical (unpaired) electrons. The average molecular weight is 344 g/mol. The summed E-state index contributed by atoms with van der Waals surface area (Å²) in [5.41, 5.74) is -0.112. The van der Waals surface area contributed by atoms with E-state index in [4.69, 9.17) is 4.74 Å². The number of hydrogen-bond acceptors (Lipinski definition) is 4. The second-order valence-electron chi connectivity index (χ2n) is 6.70. The van der Waals surface area contributed by atoms with Crippen molar-refractivity contribution in [3.05, 3.63) is 65.7 Å². The van der Waals surface area contributed by atoms with Gasteiger partial charge in [0, 0.05) is 12.7 Å². The van der Waals surface area contributed by atoms with Crippen molar-refractivity contribution >= 4 is 15.6 Å². The molecule has 1 fully saturated rings. The van der Waals surface area contributed by atoms with Crippen molar-refractivity contribution in [3.63, 3.8) is 0 Å². The van der Waals surface area contributed by atoms with Crippen LogP contribution in [0.5, 0.6) is 0 Å². The second kappa shape index (κ2) is 5.53. The van der Waals surface area contributed by atoms with E-state index in [9.17, 15) is 13.2 Å². The number of carbonyl (C=O) groups is 1. The standard InChI is InChI=1S/C19H20O4S/c1-18(2)17(20)13-19(23-18,14-7-5-4-6-8-14)15-9-11-16(12-10-15)24(3,21)22/h4-12H,13H2,1-3H3. The first-order chi connectivity index (χ1) is 11.2. The van der Waals surface area contributed by atoms with Gasteiger partial charge in [-0.05, 0) is 37.1 Å². The van der Waals surface area contributed by atoms with Gasteiger partial charge < -0.3 is 4.74 Å². The zero-order valence-corrected chi connectivity index (χ0v) is 14.8. The lowest BCUT2D eigenvalue weighted by molar-refractivity contribution is -0.132. The van der Waals surface area contributed by atoms with Gasteiger partial charge in [-0.3, -0.25) is 4.79 Å². The molecule has 126 valence electrons. The third-order valence-electron chi connectivity index (χ3n) is 4.50. The van der Waals surface area contributed by atoms with Crippen LogP contribution in [0.2, 0.25) is 0 Å². The smallest absolute Gasteiger partial charge is 0.175 e. The highest BCUT2D eigenvalue weighted by atomic mass is 32.2. The summed E-state index contributed by atoms with van der Waals surface area (Å²) in [6.45, 7) is 3.54. The molecule has 0 spiro atoms. The summed E-state index contributed by atoms with van der Waals surface area (Å²) in [6, 6.07) is 16.2. The average Bonchev–Trinajstić information content (AvgIpc) is 2.79. The first-order valence-electron chi connectivity index (χ1n) is 7.75. The molecule has 1 aliphatic rings. The van der Waals surface area contributed by atoms with Gasteiger partial charge >= 0.3 is 0 Å². The van der Waals surface area contributed by atoms with Crippen LogP contribution in [0.3, 0.4) is 0 Å². The second-order valence-corrected chi connectivity index (χ2v) is 8.72. The Morgan fingerprint density at radius 2 is 1.46 bits per heavy atom. The molecule has 2 aromatic carbocycles. The maximum absolute atomic E-state index is 12.5. The molecule has 2 aromatic rings. The Morgan fingerprint density at radius 3 is 1.92 bits per heavy atom. The molecule has 1 aliphatic heterocycles. The topological polar surface area (TPSA) is 60.4 Å². The minimum atomic E-state index is -3.27. The first kappa shape index (κ1) is 16.9. The molecule has 5 heteroatoms. The molecule has 0 saturated carbocycles. The Bertz CT molecular complexity index is 867. The van der Waals surface area contributed by atoms with Crippen LogP contribution in [0.25, 0.3) is 0 Å². The maximum atomic E-state index is 12.5. The van der Waals surface area contributed by atoms with E-state index in [0.29, 0.717) is 0 Å². The fourth-order valence-corrected chi connectivity index (χ4v) is 3.77. The Labute approximate surface area is 142 Å². The Kier molecular flexibility index (Phi) is 3.89. The number of benzene rings is 2. The quantitative estimate of drug-likeness (QED) is 0.858. The van der Waals surface area contributed by atoms with Crippen LogP contribution in [-0.2, 0) is 25.0 Å². The number of sulfone groups is 1. The normalized spacial score (nSPS) is 23.4. The monoisotopic (exact) mass is 344 g/mol. The van der Waals surface area contributed by atoms with Crippen LogP contribution >= 0.6 is 0 Å². The van der Waals surface area contributed by atoms with Gasteiger partial charge in [0.2, 0.25) is 0 Å². The molecular formula is C19H20O4S. The van der Waals surface area contributed by atoms with Gasteiger partial charge in [-0.2, -0.15) is 0 Å². The molecule has 24 heavy (non-hydrogen) atoms. The van der Waals surface area contributed by atoms with E-state index >= 15 is 0 Å². The molecule has 0 amide bonds.